The number of ether oxygens (including phenoxy) is 1. The predicted molar refractivity (Wildman–Crippen MR) is 82.3 cm³/mol. The lowest BCUT2D eigenvalue weighted by molar-refractivity contribution is -0.148. The van der Waals surface area contributed by atoms with E-state index < -0.39 is 0 Å². The normalized spacial score (nSPS) is 27.4. The van der Waals surface area contributed by atoms with Crippen LogP contribution in [-0.4, -0.2) is 85.0 Å². The summed E-state index contributed by atoms with van der Waals surface area (Å²) in [7, 11) is 0. The van der Waals surface area contributed by atoms with Gasteiger partial charge in [-0.25, -0.2) is 0 Å². The van der Waals surface area contributed by atoms with Crippen LogP contribution >= 0.6 is 0 Å². The number of rotatable bonds is 3. The van der Waals surface area contributed by atoms with Gasteiger partial charge in [0.2, 0.25) is 11.8 Å². The summed E-state index contributed by atoms with van der Waals surface area (Å²) in [6, 6.07) is 0.465. The topological polar surface area (TPSA) is 53.1 Å². The van der Waals surface area contributed by atoms with Crippen molar-refractivity contribution in [1.29, 1.82) is 0 Å². The monoisotopic (exact) mass is 307 g/mol. The summed E-state index contributed by atoms with van der Waals surface area (Å²) in [5.41, 5.74) is 0. The second-order valence-corrected chi connectivity index (χ2v) is 6.37. The molecule has 3 fully saturated rings. The molecule has 3 aliphatic rings. The van der Waals surface area contributed by atoms with E-state index in [9.17, 15) is 9.59 Å². The molecule has 6 nitrogen and oxygen atoms in total. The van der Waals surface area contributed by atoms with Crippen LogP contribution in [0.2, 0.25) is 0 Å². The first-order valence-electron chi connectivity index (χ1n) is 8.21. The Morgan fingerprint density at radius 3 is 2.45 bits per heavy atom. The number of likely N-dealkylation sites (tertiary alicyclic amines) is 2. The van der Waals surface area contributed by atoms with Gasteiger partial charge >= 0.3 is 0 Å². The number of nitrogens with zero attached hydrogens (tertiary/aromatic N) is 3. The van der Waals surface area contributed by atoms with Crippen molar-refractivity contribution < 1.29 is 14.3 Å². The van der Waals surface area contributed by atoms with E-state index >= 15 is 0 Å². The van der Waals surface area contributed by atoms with Crippen LogP contribution in [0.15, 0.2) is 12.7 Å². The van der Waals surface area contributed by atoms with Crippen LogP contribution in [0.25, 0.3) is 0 Å². The maximum absolute atomic E-state index is 12.6. The zero-order chi connectivity index (χ0) is 15.5. The molecular formula is C16H25N3O3. The summed E-state index contributed by atoms with van der Waals surface area (Å²) in [5.74, 6) is 0.118. The van der Waals surface area contributed by atoms with Crippen molar-refractivity contribution in [1.82, 2.24) is 14.7 Å². The highest BCUT2D eigenvalue weighted by atomic mass is 16.5. The molecule has 6 heteroatoms. The molecule has 0 radical (unpaired) electrons. The number of hydrogen-bond donors (Lipinski definition) is 0. The van der Waals surface area contributed by atoms with Crippen LogP contribution in [0.1, 0.15) is 12.8 Å². The number of piperidine rings is 1. The van der Waals surface area contributed by atoms with Crippen molar-refractivity contribution in [3.8, 4) is 0 Å². The van der Waals surface area contributed by atoms with Gasteiger partial charge in [-0.3, -0.25) is 14.5 Å². The van der Waals surface area contributed by atoms with Crippen LogP contribution in [0.3, 0.4) is 0 Å². The smallest absolute Gasteiger partial charge is 0.246 e. The van der Waals surface area contributed by atoms with E-state index in [1.807, 2.05) is 4.90 Å². The van der Waals surface area contributed by atoms with Crippen LogP contribution in [0.5, 0.6) is 0 Å². The third kappa shape index (κ3) is 3.17. The summed E-state index contributed by atoms with van der Waals surface area (Å²) in [4.78, 5) is 30.2. The standard InChI is InChI=1S/C16H25N3O3/c1-2-15(20)19-10-13(11-19)16(21)18-5-3-4-14(12-18)17-6-8-22-9-7-17/h2,13-14H,1,3-12H2. The van der Waals surface area contributed by atoms with Gasteiger partial charge < -0.3 is 14.5 Å². The van der Waals surface area contributed by atoms with E-state index in [1.165, 1.54) is 6.08 Å². The molecule has 0 aromatic rings. The largest absolute Gasteiger partial charge is 0.379 e. The molecule has 0 aliphatic carbocycles. The van der Waals surface area contributed by atoms with Crippen molar-refractivity contribution in [2.24, 2.45) is 5.92 Å². The average Bonchev–Trinajstić information content (AvgIpc) is 2.54. The minimum atomic E-state index is -0.0751. The van der Waals surface area contributed by atoms with E-state index in [0.29, 0.717) is 19.1 Å². The van der Waals surface area contributed by atoms with Gasteiger partial charge in [-0.2, -0.15) is 0 Å². The molecule has 1 atom stereocenters. The van der Waals surface area contributed by atoms with Crippen LogP contribution < -0.4 is 0 Å². The molecule has 0 aromatic carbocycles. The van der Waals surface area contributed by atoms with Crippen molar-refractivity contribution in [2.45, 2.75) is 18.9 Å². The Bertz CT molecular complexity index is 442. The van der Waals surface area contributed by atoms with E-state index in [4.69, 9.17) is 4.74 Å². The number of amides is 2. The average molecular weight is 307 g/mol. The number of carbonyl (C=O) groups is 2. The molecule has 1 unspecified atom stereocenters. The van der Waals surface area contributed by atoms with Gasteiger partial charge in [-0.05, 0) is 18.9 Å². The highest BCUT2D eigenvalue weighted by molar-refractivity contribution is 5.90. The van der Waals surface area contributed by atoms with Crippen molar-refractivity contribution in [3.63, 3.8) is 0 Å². The fourth-order valence-electron chi connectivity index (χ4n) is 3.60. The van der Waals surface area contributed by atoms with Gasteiger partial charge in [0, 0.05) is 45.3 Å². The Kier molecular flexibility index (Phi) is 4.78. The van der Waals surface area contributed by atoms with Gasteiger partial charge in [0.15, 0.2) is 0 Å². The van der Waals surface area contributed by atoms with Gasteiger partial charge in [-0.15, -0.1) is 0 Å². The summed E-state index contributed by atoms with van der Waals surface area (Å²) in [6.07, 6.45) is 3.54. The first kappa shape index (κ1) is 15.5. The predicted octanol–water partition coefficient (Wildman–Crippen LogP) is -0.0460. The molecule has 122 valence electrons. The molecule has 3 saturated heterocycles. The van der Waals surface area contributed by atoms with E-state index in [0.717, 1.165) is 52.2 Å². The third-order valence-corrected chi connectivity index (χ3v) is 4.99. The van der Waals surface area contributed by atoms with Crippen LogP contribution in [0, 0.1) is 5.92 Å². The SMILES string of the molecule is C=CC(=O)N1CC(C(=O)N2CCCC(N3CCOCC3)C2)C1. The van der Waals surface area contributed by atoms with Crippen molar-refractivity contribution in [2.75, 3.05) is 52.5 Å². The second kappa shape index (κ2) is 6.79. The quantitative estimate of drug-likeness (QED) is 0.686. The molecule has 0 N–H and O–H groups in total. The van der Waals surface area contributed by atoms with Gasteiger partial charge in [0.25, 0.3) is 0 Å². The van der Waals surface area contributed by atoms with Crippen molar-refractivity contribution >= 4 is 11.8 Å². The lowest BCUT2D eigenvalue weighted by Gasteiger charge is -2.44. The zero-order valence-electron chi connectivity index (χ0n) is 13.1. The Morgan fingerprint density at radius 2 is 1.77 bits per heavy atom. The maximum atomic E-state index is 12.6. The van der Waals surface area contributed by atoms with E-state index in [1.54, 1.807) is 4.90 Å². The molecule has 3 rings (SSSR count). The fraction of sp³-hybridized carbons (Fsp3) is 0.750. The molecule has 3 aliphatic heterocycles. The lowest BCUT2D eigenvalue weighted by Crippen LogP contribution is -2.59. The van der Waals surface area contributed by atoms with Gasteiger partial charge in [0.05, 0.1) is 19.1 Å². The highest BCUT2D eigenvalue weighted by Gasteiger charge is 2.39. The van der Waals surface area contributed by atoms with Crippen molar-refractivity contribution in [3.05, 3.63) is 12.7 Å². The van der Waals surface area contributed by atoms with E-state index in [2.05, 4.69) is 11.5 Å². The molecule has 3 heterocycles. The van der Waals surface area contributed by atoms with Crippen LogP contribution in [-0.2, 0) is 14.3 Å². The number of morpholine rings is 1. The molecule has 0 spiro atoms. The Labute approximate surface area is 131 Å². The highest BCUT2D eigenvalue weighted by Crippen LogP contribution is 2.23. The Hall–Kier alpha value is -1.40. The molecule has 22 heavy (non-hydrogen) atoms. The Balaban J connectivity index is 1.50. The molecule has 0 bridgehead atoms. The minimum Gasteiger partial charge on any atom is -0.379 e. The summed E-state index contributed by atoms with van der Waals surface area (Å²) in [5, 5.41) is 0. The number of hydrogen-bond acceptors (Lipinski definition) is 4. The second-order valence-electron chi connectivity index (χ2n) is 6.37. The lowest BCUT2D eigenvalue weighted by atomic mass is 9.95. The number of carbonyl (C=O) groups excluding carboxylic acids is 2. The fourth-order valence-corrected chi connectivity index (χ4v) is 3.60. The summed E-state index contributed by atoms with van der Waals surface area (Å²) in [6.45, 7) is 9.78. The van der Waals surface area contributed by atoms with E-state index in [-0.39, 0.29) is 17.7 Å². The molecule has 0 saturated carbocycles. The molecule has 2 amide bonds. The van der Waals surface area contributed by atoms with Crippen LogP contribution in [0.4, 0.5) is 0 Å². The maximum Gasteiger partial charge on any atom is 0.246 e. The summed E-state index contributed by atoms with van der Waals surface area (Å²) < 4.78 is 5.41. The van der Waals surface area contributed by atoms with Gasteiger partial charge in [-0.1, -0.05) is 6.58 Å². The third-order valence-electron chi connectivity index (χ3n) is 4.99. The summed E-state index contributed by atoms with van der Waals surface area (Å²) >= 11 is 0. The first-order chi connectivity index (χ1) is 10.7. The Morgan fingerprint density at radius 1 is 1.05 bits per heavy atom. The molecular weight excluding hydrogens is 282 g/mol. The minimum absolute atomic E-state index is 0.0210. The molecule has 0 aromatic heterocycles. The first-order valence-corrected chi connectivity index (χ1v) is 8.21. The van der Waals surface area contributed by atoms with Gasteiger partial charge in [0.1, 0.15) is 0 Å². The zero-order valence-corrected chi connectivity index (χ0v) is 13.1.